The van der Waals surface area contributed by atoms with Gasteiger partial charge >= 0.3 is 6.03 Å². The van der Waals surface area contributed by atoms with Crippen molar-refractivity contribution in [2.75, 3.05) is 27.2 Å². The first-order valence-electron chi connectivity index (χ1n) is 7.96. The molecule has 2 bridgehead atoms. The molecule has 3 amide bonds. The molecule has 6 nitrogen and oxygen atoms in total. The molecule has 2 aliphatic heterocycles. The van der Waals surface area contributed by atoms with Crippen LogP contribution in [0.1, 0.15) is 32.1 Å². The van der Waals surface area contributed by atoms with Gasteiger partial charge in [0, 0.05) is 33.2 Å². The molecule has 118 valence electrons. The van der Waals surface area contributed by atoms with Crippen LogP contribution in [0.2, 0.25) is 0 Å². The molecule has 0 radical (unpaired) electrons. The summed E-state index contributed by atoms with van der Waals surface area (Å²) in [5.74, 6) is 0.00910. The summed E-state index contributed by atoms with van der Waals surface area (Å²) >= 11 is 0. The lowest BCUT2D eigenvalue weighted by atomic mass is 9.99. The number of fused-ring (bicyclic) bond motifs is 2. The van der Waals surface area contributed by atoms with Crippen molar-refractivity contribution in [3.8, 4) is 0 Å². The van der Waals surface area contributed by atoms with Crippen LogP contribution in [0, 0.1) is 5.92 Å². The van der Waals surface area contributed by atoms with Crippen LogP contribution >= 0.6 is 0 Å². The zero-order valence-corrected chi connectivity index (χ0v) is 12.9. The van der Waals surface area contributed by atoms with Crippen molar-refractivity contribution >= 4 is 11.9 Å². The fourth-order valence-electron chi connectivity index (χ4n) is 3.75. The van der Waals surface area contributed by atoms with Crippen molar-refractivity contribution in [2.24, 2.45) is 5.92 Å². The van der Waals surface area contributed by atoms with Gasteiger partial charge in [-0.2, -0.15) is 0 Å². The lowest BCUT2D eigenvalue weighted by Gasteiger charge is -2.33. The molecule has 3 fully saturated rings. The maximum absolute atomic E-state index is 12.3. The zero-order valence-electron chi connectivity index (χ0n) is 12.9. The topological polar surface area (TPSA) is 61.9 Å². The van der Waals surface area contributed by atoms with Crippen LogP contribution in [0.5, 0.6) is 0 Å². The molecule has 0 unspecified atom stereocenters. The Morgan fingerprint density at radius 3 is 2.57 bits per heavy atom. The van der Waals surface area contributed by atoms with Crippen LogP contribution < -0.4 is 5.32 Å². The second kappa shape index (κ2) is 5.83. The van der Waals surface area contributed by atoms with Gasteiger partial charge in [-0.15, -0.1) is 0 Å². The Balaban J connectivity index is 1.58. The summed E-state index contributed by atoms with van der Waals surface area (Å²) in [6.45, 7) is 1.13. The number of likely N-dealkylation sites (tertiary alicyclic amines) is 1. The molecule has 0 spiro atoms. The third-order valence-corrected chi connectivity index (χ3v) is 4.89. The van der Waals surface area contributed by atoms with E-state index in [0.717, 1.165) is 19.3 Å². The van der Waals surface area contributed by atoms with Gasteiger partial charge in [0.15, 0.2) is 0 Å². The van der Waals surface area contributed by atoms with Gasteiger partial charge in [-0.1, -0.05) is 12.8 Å². The van der Waals surface area contributed by atoms with Gasteiger partial charge in [0.2, 0.25) is 5.91 Å². The molecule has 3 atom stereocenters. The number of ether oxygens (including phenoxy) is 1. The number of carbonyl (C=O) groups is 2. The Morgan fingerprint density at radius 2 is 1.90 bits per heavy atom. The van der Waals surface area contributed by atoms with E-state index >= 15 is 0 Å². The second-order valence-corrected chi connectivity index (χ2v) is 6.71. The lowest BCUT2D eigenvalue weighted by molar-refractivity contribution is -0.135. The fraction of sp³-hybridized carbons (Fsp3) is 0.867. The first-order chi connectivity index (χ1) is 10.0. The SMILES string of the molecule is CN(C)C(=O)[C@H]1C[C@H]2CN(C(=O)NC3CCCC3)C[C@H]1O2. The highest BCUT2D eigenvalue weighted by Crippen LogP contribution is 2.33. The van der Waals surface area contributed by atoms with Crippen molar-refractivity contribution < 1.29 is 14.3 Å². The Labute approximate surface area is 125 Å². The molecule has 3 rings (SSSR count). The van der Waals surface area contributed by atoms with E-state index in [1.54, 1.807) is 19.0 Å². The molecule has 0 aromatic rings. The van der Waals surface area contributed by atoms with Gasteiger partial charge in [-0.3, -0.25) is 4.79 Å². The largest absolute Gasteiger partial charge is 0.370 e. The summed E-state index contributed by atoms with van der Waals surface area (Å²) in [7, 11) is 3.55. The number of hydrogen-bond donors (Lipinski definition) is 1. The first kappa shape index (κ1) is 14.6. The van der Waals surface area contributed by atoms with Gasteiger partial charge in [-0.25, -0.2) is 4.79 Å². The van der Waals surface area contributed by atoms with Crippen LogP contribution in [0.3, 0.4) is 0 Å². The van der Waals surface area contributed by atoms with Crippen molar-refractivity contribution in [3.05, 3.63) is 0 Å². The number of amides is 3. The summed E-state index contributed by atoms with van der Waals surface area (Å²) < 4.78 is 5.86. The van der Waals surface area contributed by atoms with Gasteiger partial charge in [-0.05, 0) is 19.3 Å². The van der Waals surface area contributed by atoms with Crippen molar-refractivity contribution in [1.29, 1.82) is 0 Å². The average molecular weight is 295 g/mol. The molecule has 21 heavy (non-hydrogen) atoms. The molecule has 1 aliphatic carbocycles. The number of rotatable bonds is 2. The minimum absolute atomic E-state index is 0.00646. The zero-order chi connectivity index (χ0) is 15.0. The number of carbonyl (C=O) groups excluding carboxylic acids is 2. The third kappa shape index (κ3) is 3.00. The highest BCUT2D eigenvalue weighted by Gasteiger charge is 2.46. The molecule has 3 aliphatic rings. The van der Waals surface area contributed by atoms with Gasteiger partial charge < -0.3 is 19.9 Å². The predicted molar refractivity (Wildman–Crippen MR) is 77.8 cm³/mol. The summed E-state index contributed by atoms with van der Waals surface area (Å²) in [5.41, 5.74) is 0. The second-order valence-electron chi connectivity index (χ2n) is 6.71. The fourth-order valence-corrected chi connectivity index (χ4v) is 3.75. The number of urea groups is 1. The van der Waals surface area contributed by atoms with E-state index in [9.17, 15) is 9.59 Å². The quantitative estimate of drug-likeness (QED) is 0.820. The van der Waals surface area contributed by atoms with E-state index in [4.69, 9.17) is 4.74 Å². The van der Waals surface area contributed by atoms with Gasteiger partial charge in [0.25, 0.3) is 0 Å². The standard InChI is InChI=1S/C15H25N3O3/c1-17(2)14(19)12-7-11-8-18(9-13(12)21-11)15(20)16-10-5-3-4-6-10/h10-13H,3-9H2,1-2H3,(H,16,20)/t11-,12-,13+/m0/s1. The minimum atomic E-state index is -0.145. The number of nitrogens with zero attached hydrogens (tertiary/aromatic N) is 2. The van der Waals surface area contributed by atoms with Crippen LogP contribution in [-0.2, 0) is 9.53 Å². The maximum Gasteiger partial charge on any atom is 0.317 e. The monoisotopic (exact) mass is 295 g/mol. The third-order valence-electron chi connectivity index (χ3n) is 4.89. The maximum atomic E-state index is 12.3. The summed E-state index contributed by atoms with van der Waals surface area (Å²) in [4.78, 5) is 28.0. The van der Waals surface area contributed by atoms with E-state index in [-0.39, 0.29) is 30.1 Å². The molecule has 0 aromatic heterocycles. The van der Waals surface area contributed by atoms with Crippen LogP contribution in [0.15, 0.2) is 0 Å². The number of nitrogens with one attached hydrogen (secondary N) is 1. The molecule has 1 saturated carbocycles. The minimum Gasteiger partial charge on any atom is -0.370 e. The Kier molecular flexibility index (Phi) is 4.06. The molecule has 0 aromatic carbocycles. The van der Waals surface area contributed by atoms with E-state index < -0.39 is 0 Å². The van der Waals surface area contributed by atoms with Gasteiger partial charge in [0.05, 0.1) is 18.1 Å². The smallest absolute Gasteiger partial charge is 0.317 e. The van der Waals surface area contributed by atoms with Crippen LogP contribution in [-0.4, -0.2) is 67.2 Å². The van der Waals surface area contributed by atoms with Gasteiger partial charge in [0.1, 0.15) is 0 Å². The Hall–Kier alpha value is -1.30. The molecular formula is C15H25N3O3. The van der Waals surface area contributed by atoms with E-state index in [1.807, 2.05) is 4.90 Å². The molecular weight excluding hydrogens is 270 g/mol. The number of morpholine rings is 1. The van der Waals surface area contributed by atoms with E-state index in [2.05, 4.69) is 5.32 Å². The van der Waals surface area contributed by atoms with Crippen LogP contribution in [0.4, 0.5) is 4.79 Å². The van der Waals surface area contributed by atoms with Crippen molar-refractivity contribution in [3.63, 3.8) is 0 Å². The Morgan fingerprint density at radius 1 is 1.19 bits per heavy atom. The number of hydrogen-bond acceptors (Lipinski definition) is 3. The summed E-state index contributed by atoms with van der Waals surface area (Å²) in [5, 5.41) is 3.12. The molecule has 6 heteroatoms. The molecule has 1 N–H and O–H groups in total. The summed E-state index contributed by atoms with van der Waals surface area (Å²) in [6.07, 6.45) is 5.18. The van der Waals surface area contributed by atoms with Crippen LogP contribution in [0.25, 0.3) is 0 Å². The summed E-state index contributed by atoms with van der Waals surface area (Å²) in [6, 6.07) is 0.343. The lowest BCUT2D eigenvalue weighted by Crippen LogP contribution is -2.52. The van der Waals surface area contributed by atoms with Crippen molar-refractivity contribution in [2.45, 2.75) is 50.4 Å². The normalized spacial score (nSPS) is 32.3. The van der Waals surface area contributed by atoms with E-state index in [0.29, 0.717) is 19.1 Å². The highest BCUT2D eigenvalue weighted by atomic mass is 16.5. The highest BCUT2D eigenvalue weighted by molar-refractivity contribution is 5.80. The van der Waals surface area contributed by atoms with Crippen molar-refractivity contribution in [1.82, 2.24) is 15.1 Å². The molecule has 2 heterocycles. The Bertz CT molecular complexity index is 420. The predicted octanol–water partition coefficient (Wildman–Crippen LogP) is 0.816. The average Bonchev–Trinajstić information content (AvgIpc) is 3.05. The first-order valence-corrected chi connectivity index (χ1v) is 7.96. The molecule has 2 saturated heterocycles. The van der Waals surface area contributed by atoms with E-state index in [1.165, 1.54) is 12.8 Å².